The van der Waals surface area contributed by atoms with Crippen molar-refractivity contribution in [1.82, 2.24) is 9.97 Å². The number of carbonyl (C=O) groups excluding carboxylic acids is 1. The Morgan fingerprint density at radius 3 is 2.23 bits per heavy atom. The van der Waals surface area contributed by atoms with Crippen LogP contribution in [0.2, 0.25) is 0 Å². The Morgan fingerprint density at radius 1 is 0.906 bits per heavy atom. The molecule has 4 aromatic carbocycles. The van der Waals surface area contributed by atoms with Gasteiger partial charge in [0.25, 0.3) is 5.91 Å². The fourth-order valence-corrected chi connectivity index (χ4v) is 6.31. The second-order valence-electron chi connectivity index (χ2n) is 9.97. The summed E-state index contributed by atoms with van der Waals surface area (Å²) in [6.07, 6.45) is -1.29. The summed E-state index contributed by atoms with van der Waals surface area (Å²) < 4.78 is 91.6. The zero-order chi connectivity index (χ0) is 36.8. The Kier molecular flexibility index (Phi) is 16.2. The average molecular weight is 809 g/mol. The zero-order valence-electron chi connectivity index (χ0n) is 27.2. The van der Waals surface area contributed by atoms with Crippen LogP contribution in [0.1, 0.15) is 10.4 Å². The molecule has 1 amide bonds. The number of halogens is 2. The Balaban J connectivity index is 0.00000378. The van der Waals surface area contributed by atoms with Gasteiger partial charge in [-0.1, -0.05) is 6.07 Å². The Morgan fingerprint density at radius 2 is 1.58 bits per heavy atom. The number of nitrogens with zero attached hydrogens (tertiary/aromatic N) is 4. The van der Waals surface area contributed by atoms with Gasteiger partial charge in [-0.15, -0.1) is 5.11 Å². The van der Waals surface area contributed by atoms with Crippen LogP contribution in [0, 0.1) is 12.0 Å². The number of anilines is 3. The van der Waals surface area contributed by atoms with Crippen molar-refractivity contribution in [1.29, 1.82) is 0 Å². The van der Waals surface area contributed by atoms with Crippen molar-refractivity contribution < 1.29 is 118 Å². The third-order valence-corrected chi connectivity index (χ3v) is 9.35. The minimum absolute atomic E-state index is 0. The number of hydrogen-bond donors (Lipinski definition) is 3. The van der Waals surface area contributed by atoms with E-state index < -0.39 is 56.3 Å². The van der Waals surface area contributed by atoms with Crippen LogP contribution in [-0.4, -0.2) is 54.7 Å². The number of hydrogen-bond acceptors (Lipinski definition) is 17. The van der Waals surface area contributed by atoms with Crippen molar-refractivity contribution >= 4 is 77.5 Å². The van der Waals surface area contributed by atoms with Crippen LogP contribution in [0.5, 0.6) is 5.75 Å². The normalized spacial score (nSPS) is 11.5. The molecule has 1 aromatic heterocycles. The third kappa shape index (κ3) is 12.4. The van der Waals surface area contributed by atoms with Gasteiger partial charge in [0.05, 0.1) is 39.9 Å². The topological polar surface area (TPSA) is 254 Å². The predicted molar refractivity (Wildman–Crippen MR) is 172 cm³/mol. The van der Waals surface area contributed by atoms with Crippen LogP contribution in [0.4, 0.5) is 37.3 Å². The SMILES string of the molecule is O=C(Nc1ccc(S(=O)(=O)CCOS(=O)(=O)[O-])cc1)c1ccc(N=Nc2c(SOO[O-])cc3ccc(Nc4cc(F)nc(F)n4)cc3c2O)cc1.[Na+].[Na+]. The van der Waals surface area contributed by atoms with E-state index in [0.29, 0.717) is 17.4 Å². The summed E-state index contributed by atoms with van der Waals surface area (Å²) in [5.74, 6) is -3.02. The van der Waals surface area contributed by atoms with E-state index in [1.807, 2.05) is 0 Å². The van der Waals surface area contributed by atoms with Gasteiger partial charge >= 0.3 is 65.2 Å². The average Bonchev–Trinajstić information content (AvgIpc) is 3.06. The summed E-state index contributed by atoms with van der Waals surface area (Å²) in [7, 11) is -9.03. The van der Waals surface area contributed by atoms with Gasteiger partial charge in [-0.25, -0.2) is 16.8 Å². The molecule has 0 aliphatic heterocycles. The molecule has 24 heteroatoms. The molecule has 0 aliphatic carbocycles. The standard InChI is InChI=1S/C29H22F2N6O11S3.2Na/c30-24-15-25(35-29(31)34-24)32-20-6-3-17-13-23(49-48-47-40)26(27(38)22(17)14-20)37-36-19-4-1-16(2-5-19)28(39)33-18-7-9-21(10-8-18)50(41,42)12-11-46-51(43,44)45;;/h1-10,13-15,38,40H,11-12H2,(H,33,39)(H,32,34,35)(H,43,44,45);;/q;2*+1/p-2. The van der Waals surface area contributed by atoms with Crippen LogP contribution in [-0.2, 0) is 33.8 Å². The van der Waals surface area contributed by atoms with Gasteiger partial charge in [-0.3, -0.25) is 14.0 Å². The minimum atomic E-state index is -5.04. The molecule has 1 heterocycles. The van der Waals surface area contributed by atoms with Crippen LogP contribution in [0.25, 0.3) is 10.8 Å². The van der Waals surface area contributed by atoms with E-state index in [9.17, 15) is 45.3 Å². The largest absolute Gasteiger partial charge is 1.00 e. The molecule has 3 N–H and O–H groups in total. The van der Waals surface area contributed by atoms with E-state index in [1.165, 1.54) is 66.7 Å². The number of amides is 1. The molecule has 0 saturated heterocycles. The smallest absolute Gasteiger partial charge is 0.726 e. The molecule has 0 unspecified atom stereocenters. The van der Waals surface area contributed by atoms with Crippen molar-refractivity contribution in [2.24, 2.45) is 10.2 Å². The molecule has 266 valence electrons. The van der Waals surface area contributed by atoms with Gasteiger partial charge in [0.15, 0.2) is 15.6 Å². The van der Waals surface area contributed by atoms with Crippen LogP contribution < -0.4 is 75.0 Å². The van der Waals surface area contributed by atoms with Crippen molar-refractivity contribution in [2.75, 3.05) is 23.0 Å². The van der Waals surface area contributed by atoms with Gasteiger partial charge in [-0.2, -0.15) is 28.2 Å². The minimum Gasteiger partial charge on any atom is -0.726 e. The first-order chi connectivity index (χ1) is 24.2. The summed E-state index contributed by atoms with van der Waals surface area (Å²) in [5.41, 5.74) is 0.785. The maximum atomic E-state index is 13.5. The van der Waals surface area contributed by atoms with Gasteiger partial charge < -0.3 is 25.6 Å². The second-order valence-corrected chi connectivity index (χ2v) is 13.9. The van der Waals surface area contributed by atoms with E-state index >= 15 is 0 Å². The summed E-state index contributed by atoms with van der Waals surface area (Å²) >= 11 is 0.445. The zero-order valence-corrected chi connectivity index (χ0v) is 33.7. The first-order valence-corrected chi connectivity index (χ1v) is 17.6. The number of sulfone groups is 1. The van der Waals surface area contributed by atoms with Crippen LogP contribution in [0.3, 0.4) is 0 Å². The fourth-order valence-electron chi connectivity index (χ4n) is 4.33. The molecule has 0 saturated carbocycles. The number of phenols is 1. The molecule has 53 heavy (non-hydrogen) atoms. The summed E-state index contributed by atoms with van der Waals surface area (Å²) in [6, 6.07) is 17.6. The summed E-state index contributed by atoms with van der Waals surface area (Å²) in [4.78, 5) is 19.1. The van der Waals surface area contributed by atoms with E-state index in [1.54, 1.807) is 6.07 Å². The molecule has 0 radical (unpaired) electrons. The fraction of sp³-hybridized carbons (Fsp3) is 0.0690. The van der Waals surface area contributed by atoms with Gasteiger partial charge in [0.1, 0.15) is 11.5 Å². The Hall–Kier alpha value is -3.20. The molecule has 17 nitrogen and oxygen atoms in total. The number of azo groups is 1. The molecule has 5 aromatic rings. The third-order valence-electron chi connectivity index (χ3n) is 6.59. The van der Waals surface area contributed by atoms with E-state index in [-0.39, 0.29) is 108 Å². The molecule has 0 atom stereocenters. The monoisotopic (exact) mass is 808 g/mol. The van der Waals surface area contributed by atoms with Crippen molar-refractivity contribution in [2.45, 2.75) is 9.79 Å². The predicted octanol–water partition coefficient (Wildman–Crippen LogP) is -1.49. The molecule has 5 rings (SSSR count). The van der Waals surface area contributed by atoms with Crippen molar-refractivity contribution in [3.05, 3.63) is 96.5 Å². The maximum Gasteiger partial charge on any atom is 1.00 e. The number of carbonyl (C=O) groups is 1. The number of aromatic hydroxyl groups is 1. The number of rotatable bonds is 14. The molecule has 0 bridgehead atoms. The van der Waals surface area contributed by atoms with E-state index in [2.05, 4.69) is 44.4 Å². The number of aromatic nitrogens is 2. The number of benzene rings is 4. The van der Waals surface area contributed by atoms with E-state index in [4.69, 9.17) is 0 Å². The van der Waals surface area contributed by atoms with Crippen molar-refractivity contribution in [3.8, 4) is 5.75 Å². The Labute approximate surface area is 347 Å². The molecule has 0 aliphatic rings. The van der Waals surface area contributed by atoms with Gasteiger partial charge in [-0.05, 0) is 72.1 Å². The Bertz CT molecular complexity index is 2330. The summed E-state index contributed by atoms with van der Waals surface area (Å²) in [6.45, 7) is -0.852. The van der Waals surface area contributed by atoms with Gasteiger partial charge in [0, 0.05) is 28.4 Å². The molecule has 0 spiro atoms. The molecular formula is C29H20F2N6Na2O11S3. The van der Waals surface area contributed by atoms with Crippen LogP contribution >= 0.6 is 12.0 Å². The van der Waals surface area contributed by atoms with Crippen LogP contribution in [0.15, 0.2) is 98.9 Å². The van der Waals surface area contributed by atoms with Crippen molar-refractivity contribution in [3.63, 3.8) is 0 Å². The first-order valence-electron chi connectivity index (χ1n) is 13.9. The number of fused-ring (bicyclic) bond motifs is 1. The number of phenolic OH excluding ortho intramolecular Hbond substituents is 1. The maximum absolute atomic E-state index is 13.5. The summed E-state index contributed by atoms with van der Waals surface area (Å²) in [5, 5.41) is 39.2. The quantitative estimate of drug-likeness (QED) is 0.0133. The van der Waals surface area contributed by atoms with Gasteiger partial charge in [0.2, 0.25) is 16.3 Å². The molecule has 0 fully saturated rings. The first kappa shape index (κ1) is 44.2. The number of nitrogens with one attached hydrogen (secondary N) is 2. The van der Waals surface area contributed by atoms with E-state index in [0.717, 1.165) is 6.07 Å². The second kappa shape index (κ2) is 19.4. The molecular weight excluding hydrogens is 789 g/mol.